The van der Waals surface area contributed by atoms with E-state index in [0.29, 0.717) is 13.0 Å². The molecule has 2 atom stereocenters. The molecule has 1 aliphatic rings. The third kappa shape index (κ3) is 2.86. The van der Waals surface area contributed by atoms with Gasteiger partial charge >= 0.3 is 0 Å². The largest absolute Gasteiger partial charge is 0.337 e. The lowest BCUT2D eigenvalue weighted by molar-refractivity contribution is -0.127. The van der Waals surface area contributed by atoms with Crippen LogP contribution in [0.3, 0.4) is 0 Å². The second-order valence-corrected chi connectivity index (χ2v) is 6.98. The zero-order valence-corrected chi connectivity index (χ0v) is 15.3. The van der Waals surface area contributed by atoms with E-state index in [2.05, 4.69) is 33.6 Å². The monoisotopic (exact) mass is 349 g/mol. The van der Waals surface area contributed by atoms with Crippen molar-refractivity contribution in [3.8, 4) is 0 Å². The number of aryl methyl sites for hydroxylation is 1. The summed E-state index contributed by atoms with van der Waals surface area (Å²) < 4.78 is 1.86. The number of benzene rings is 1. The van der Waals surface area contributed by atoms with Gasteiger partial charge in [-0.3, -0.25) is 14.5 Å². The number of likely N-dealkylation sites (tertiary alicyclic amines) is 1. The predicted molar refractivity (Wildman–Crippen MR) is 100 cm³/mol. The molecule has 0 aliphatic carbocycles. The smallest absolute Gasteiger partial charge is 0.224 e. The van der Waals surface area contributed by atoms with Gasteiger partial charge in [0.25, 0.3) is 0 Å². The highest BCUT2D eigenvalue weighted by molar-refractivity contribution is 5.80. The van der Waals surface area contributed by atoms with Crippen LogP contribution in [0, 0.1) is 6.92 Å². The van der Waals surface area contributed by atoms with Crippen LogP contribution in [0.2, 0.25) is 0 Å². The number of rotatable bonds is 4. The fraction of sp³-hybridized carbons (Fsp3) is 0.350. The van der Waals surface area contributed by atoms with Crippen molar-refractivity contribution in [1.29, 1.82) is 0 Å². The molecule has 26 heavy (non-hydrogen) atoms. The maximum atomic E-state index is 12.3. The maximum absolute atomic E-state index is 12.3. The first kappa shape index (κ1) is 16.7. The minimum absolute atomic E-state index is 0.0123. The lowest BCUT2D eigenvalue weighted by atomic mass is 10.0. The Hall–Kier alpha value is -2.73. The van der Waals surface area contributed by atoms with Gasteiger partial charge < -0.3 is 10.2 Å². The highest BCUT2D eigenvalue weighted by Gasteiger charge is 2.39. The summed E-state index contributed by atoms with van der Waals surface area (Å²) in [4.78, 5) is 18.5. The zero-order chi connectivity index (χ0) is 18.3. The van der Waals surface area contributed by atoms with Crippen LogP contribution < -0.4 is 5.32 Å². The molecule has 1 fully saturated rings. The van der Waals surface area contributed by atoms with Crippen molar-refractivity contribution in [3.05, 3.63) is 59.5 Å². The second-order valence-electron chi connectivity index (χ2n) is 6.98. The Morgan fingerprint density at radius 2 is 2.12 bits per heavy atom. The van der Waals surface area contributed by atoms with E-state index < -0.39 is 0 Å². The van der Waals surface area contributed by atoms with Gasteiger partial charge in [-0.25, -0.2) is 0 Å². The van der Waals surface area contributed by atoms with Crippen LogP contribution in [0.1, 0.15) is 29.3 Å². The van der Waals surface area contributed by atoms with Gasteiger partial charge in [0.2, 0.25) is 5.91 Å². The van der Waals surface area contributed by atoms with Crippen LogP contribution >= 0.6 is 0 Å². The van der Waals surface area contributed by atoms with Gasteiger partial charge in [0, 0.05) is 55.9 Å². The van der Waals surface area contributed by atoms with Crippen LogP contribution in [-0.4, -0.2) is 38.7 Å². The van der Waals surface area contributed by atoms with Crippen molar-refractivity contribution in [3.63, 3.8) is 0 Å². The van der Waals surface area contributed by atoms with Crippen molar-refractivity contribution in [2.24, 2.45) is 7.05 Å². The molecule has 134 valence electrons. The van der Waals surface area contributed by atoms with Crippen molar-refractivity contribution in [2.75, 3.05) is 7.05 Å². The first-order chi connectivity index (χ1) is 12.5. The van der Waals surface area contributed by atoms with Crippen molar-refractivity contribution < 1.29 is 4.79 Å². The number of aromatic nitrogens is 3. The Labute approximate surface area is 152 Å². The summed E-state index contributed by atoms with van der Waals surface area (Å²) in [5, 5.41) is 9.07. The number of hydrogen-bond acceptors (Lipinski definition) is 4. The first-order valence-electron chi connectivity index (χ1n) is 8.86. The second kappa shape index (κ2) is 6.53. The van der Waals surface area contributed by atoms with Gasteiger partial charge in [-0.05, 0) is 30.7 Å². The molecule has 3 aromatic rings. The fourth-order valence-electron chi connectivity index (χ4n) is 3.77. The fourth-order valence-corrected chi connectivity index (χ4v) is 3.77. The lowest BCUT2D eigenvalue weighted by Gasteiger charge is -2.25. The van der Waals surface area contributed by atoms with Gasteiger partial charge in [0.05, 0.1) is 17.8 Å². The maximum Gasteiger partial charge on any atom is 0.224 e. The van der Waals surface area contributed by atoms with Crippen LogP contribution in [0.5, 0.6) is 0 Å². The molecule has 0 radical (unpaired) electrons. The molecule has 6 heteroatoms. The summed E-state index contributed by atoms with van der Waals surface area (Å²) in [6, 6.07) is 10.4. The van der Waals surface area contributed by atoms with Crippen molar-refractivity contribution in [2.45, 2.75) is 32.0 Å². The van der Waals surface area contributed by atoms with E-state index >= 15 is 0 Å². The van der Waals surface area contributed by atoms with Crippen LogP contribution in [0.25, 0.3) is 10.9 Å². The summed E-state index contributed by atoms with van der Waals surface area (Å²) in [7, 11) is 3.81. The molecule has 0 bridgehead atoms. The van der Waals surface area contributed by atoms with Gasteiger partial charge in [-0.15, -0.1) is 0 Å². The third-order valence-electron chi connectivity index (χ3n) is 5.41. The quantitative estimate of drug-likeness (QED) is 0.785. The molecule has 6 nitrogen and oxygen atoms in total. The number of pyridine rings is 1. The average molecular weight is 349 g/mol. The van der Waals surface area contributed by atoms with Crippen LogP contribution in [0.15, 0.2) is 42.7 Å². The van der Waals surface area contributed by atoms with E-state index in [1.54, 1.807) is 6.20 Å². The third-order valence-corrected chi connectivity index (χ3v) is 5.41. The average Bonchev–Trinajstić information content (AvgIpc) is 3.12. The molecule has 4 rings (SSSR count). The van der Waals surface area contributed by atoms with E-state index in [1.165, 1.54) is 5.56 Å². The number of carbonyl (C=O) groups excluding carboxylic acids is 1. The molecule has 0 unspecified atom stereocenters. The highest BCUT2D eigenvalue weighted by atomic mass is 16.2. The summed E-state index contributed by atoms with van der Waals surface area (Å²) in [5.74, 6) is 0.165. The molecular weight excluding hydrogens is 326 g/mol. The van der Waals surface area contributed by atoms with Gasteiger partial charge in [0.15, 0.2) is 0 Å². The number of hydrogen-bond donors (Lipinski definition) is 1. The van der Waals surface area contributed by atoms with E-state index in [-0.39, 0.29) is 18.0 Å². The molecule has 3 heterocycles. The summed E-state index contributed by atoms with van der Waals surface area (Å²) in [6.07, 6.45) is 4.19. The summed E-state index contributed by atoms with van der Waals surface area (Å²) in [5.41, 5.74) is 4.39. The van der Waals surface area contributed by atoms with E-state index in [1.807, 2.05) is 48.9 Å². The number of nitrogens with one attached hydrogen (secondary N) is 1. The molecule has 0 saturated carbocycles. The standard InChI is InChI=1S/C20H23N5O/c1-13-16(12-23-25(13)3)20-18(10-19(26)24(20)2)22-11-14-6-7-17-15(9-14)5-4-8-21-17/h4-9,12,18,20,22H,10-11H2,1-3H3/t18-,20+/m1/s1. The number of carbonyl (C=O) groups is 1. The minimum atomic E-state index is 0.0123. The molecule has 1 aliphatic heterocycles. The van der Waals surface area contributed by atoms with E-state index in [0.717, 1.165) is 22.2 Å². The van der Waals surface area contributed by atoms with Crippen molar-refractivity contribution >= 4 is 16.8 Å². The van der Waals surface area contributed by atoms with Gasteiger partial charge in [-0.1, -0.05) is 12.1 Å². The molecule has 1 saturated heterocycles. The van der Waals surface area contributed by atoms with Crippen LogP contribution in [0.4, 0.5) is 0 Å². The summed E-state index contributed by atoms with van der Waals surface area (Å²) in [6.45, 7) is 2.76. The summed E-state index contributed by atoms with van der Waals surface area (Å²) >= 11 is 0. The highest BCUT2D eigenvalue weighted by Crippen LogP contribution is 2.33. The predicted octanol–water partition coefficient (Wildman–Crippen LogP) is 2.34. The Kier molecular flexibility index (Phi) is 4.20. The molecular formula is C20H23N5O. The molecule has 2 aromatic heterocycles. The SMILES string of the molecule is Cc1c([C@H]2[C@H](NCc3ccc4ncccc4c3)CC(=O)N2C)cnn1C. The Morgan fingerprint density at radius 1 is 1.27 bits per heavy atom. The topological polar surface area (TPSA) is 63.1 Å². The first-order valence-corrected chi connectivity index (χ1v) is 8.86. The Morgan fingerprint density at radius 3 is 2.88 bits per heavy atom. The van der Waals surface area contributed by atoms with E-state index in [4.69, 9.17) is 0 Å². The number of fused-ring (bicyclic) bond motifs is 1. The molecule has 0 spiro atoms. The number of amides is 1. The number of nitrogens with zero attached hydrogens (tertiary/aromatic N) is 4. The van der Waals surface area contributed by atoms with Crippen LogP contribution in [-0.2, 0) is 18.4 Å². The zero-order valence-electron chi connectivity index (χ0n) is 15.3. The van der Waals surface area contributed by atoms with Gasteiger partial charge in [-0.2, -0.15) is 5.10 Å². The molecule has 1 amide bonds. The van der Waals surface area contributed by atoms with E-state index in [9.17, 15) is 4.79 Å². The molecule has 1 aromatic carbocycles. The minimum Gasteiger partial charge on any atom is -0.337 e. The molecule has 1 N–H and O–H groups in total. The normalized spacial score (nSPS) is 20.3. The Bertz CT molecular complexity index is 964. The number of likely N-dealkylation sites (N-methyl/N-ethyl adjacent to an activating group) is 1. The Balaban J connectivity index is 1.55. The lowest BCUT2D eigenvalue weighted by Crippen LogP contribution is -2.35. The van der Waals surface area contributed by atoms with Gasteiger partial charge in [0.1, 0.15) is 0 Å². The van der Waals surface area contributed by atoms with Crippen molar-refractivity contribution in [1.82, 2.24) is 25.0 Å².